The number of carbonyl (C=O) groups excluding carboxylic acids is 2. The smallest absolute Gasteiger partial charge is 0.319 e. The number of carbonyl (C=O) groups is 2. The molecule has 0 aliphatic rings. The zero-order valence-electron chi connectivity index (χ0n) is 14.3. The highest BCUT2D eigenvalue weighted by atomic mass is 16.2. The van der Waals surface area contributed by atoms with Gasteiger partial charge in [0.05, 0.1) is 5.54 Å². The molecule has 1 heterocycles. The molecule has 0 atom stereocenters. The minimum atomic E-state index is -0.527. The maximum absolute atomic E-state index is 12.3. The third kappa shape index (κ3) is 4.32. The lowest BCUT2D eigenvalue weighted by Crippen LogP contribution is -2.43. The van der Waals surface area contributed by atoms with E-state index >= 15 is 0 Å². The summed E-state index contributed by atoms with van der Waals surface area (Å²) in [6.45, 7) is 3.85. The predicted molar refractivity (Wildman–Crippen MR) is 93.9 cm³/mol. The number of rotatable bonds is 4. The number of anilines is 1. The Balaban J connectivity index is 2.07. The highest BCUT2D eigenvalue weighted by Crippen LogP contribution is 2.19. The molecule has 0 saturated carbocycles. The van der Waals surface area contributed by atoms with Crippen LogP contribution in [0.15, 0.2) is 48.7 Å². The Bertz CT molecular complexity index is 727. The van der Waals surface area contributed by atoms with Gasteiger partial charge in [-0.2, -0.15) is 0 Å². The SMILES string of the molecule is CN(C)C(=O)c1cc(NC(=O)NC(C)(C)c2ccccc2)ccn1. The van der Waals surface area contributed by atoms with Crippen molar-refractivity contribution < 1.29 is 9.59 Å². The third-order valence-corrected chi connectivity index (χ3v) is 3.56. The fourth-order valence-electron chi connectivity index (χ4n) is 2.23. The molecule has 2 rings (SSSR count). The van der Waals surface area contributed by atoms with E-state index in [1.807, 2.05) is 44.2 Å². The molecule has 2 aromatic rings. The molecule has 24 heavy (non-hydrogen) atoms. The molecule has 2 N–H and O–H groups in total. The van der Waals surface area contributed by atoms with E-state index in [1.165, 1.54) is 11.1 Å². The van der Waals surface area contributed by atoms with Crippen LogP contribution in [0.3, 0.4) is 0 Å². The van der Waals surface area contributed by atoms with Crippen LogP contribution in [0.5, 0.6) is 0 Å². The summed E-state index contributed by atoms with van der Waals surface area (Å²) < 4.78 is 0. The second-order valence-corrected chi connectivity index (χ2v) is 6.20. The first kappa shape index (κ1) is 17.5. The van der Waals surface area contributed by atoms with E-state index in [1.54, 1.807) is 26.2 Å². The molecule has 3 amide bonds. The maximum Gasteiger partial charge on any atom is 0.319 e. The first-order chi connectivity index (χ1) is 11.3. The van der Waals surface area contributed by atoms with Gasteiger partial charge in [0, 0.05) is 26.0 Å². The summed E-state index contributed by atoms with van der Waals surface area (Å²) in [4.78, 5) is 29.7. The van der Waals surface area contributed by atoms with Crippen LogP contribution in [-0.4, -0.2) is 35.9 Å². The van der Waals surface area contributed by atoms with Crippen LogP contribution in [0.4, 0.5) is 10.5 Å². The minimum absolute atomic E-state index is 0.219. The summed E-state index contributed by atoms with van der Waals surface area (Å²) in [5.41, 5.74) is 1.26. The van der Waals surface area contributed by atoms with Gasteiger partial charge in [-0.1, -0.05) is 30.3 Å². The molecule has 0 aliphatic heterocycles. The highest BCUT2D eigenvalue weighted by molar-refractivity contribution is 5.95. The zero-order valence-corrected chi connectivity index (χ0v) is 14.3. The van der Waals surface area contributed by atoms with Crippen molar-refractivity contribution in [1.82, 2.24) is 15.2 Å². The molecule has 0 saturated heterocycles. The van der Waals surface area contributed by atoms with E-state index in [2.05, 4.69) is 15.6 Å². The molecule has 6 heteroatoms. The second-order valence-electron chi connectivity index (χ2n) is 6.20. The van der Waals surface area contributed by atoms with E-state index in [4.69, 9.17) is 0 Å². The molecule has 0 unspecified atom stereocenters. The first-order valence-corrected chi connectivity index (χ1v) is 7.62. The molecule has 1 aromatic carbocycles. The van der Waals surface area contributed by atoms with Crippen LogP contribution < -0.4 is 10.6 Å². The van der Waals surface area contributed by atoms with Crippen LogP contribution in [0, 0.1) is 0 Å². The highest BCUT2D eigenvalue weighted by Gasteiger charge is 2.22. The third-order valence-electron chi connectivity index (χ3n) is 3.56. The quantitative estimate of drug-likeness (QED) is 0.907. The molecular formula is C18H22N4O2. The van der Waals surface area contributed by atoms with E-state index in [0.717, 1.165) is 5.56 Å². The van der Waals surface area contributed by atoms with Gasteiger partial charge in [0.1, 0.15) is 5.69 Å². The summed E-state index contributed by atoms with van der Waals surface area (Å²) in [6, 6.07) is 12.6. The van der Waals surface area contributed by atoms with Crippen molar-refractivity contribution in [2.24, 2.45) is 0 Å². The Morgan fingerprint density at radius 2 is 1.75 bits per heavy atom. The summed E-state index contributed by atoms with van der Waals surface area (Å²) in [5, 5.41) is 5.67. The normalized spacial score (nSPS) is 10.8. The van der Waals surface area contributed by atoms with Crippen molar-refractivity contribution in [2.45, 2.75) is 19.4 Å². The molecular weight excluding hydrogens is 304 g/mol. The van der Waals surface area contributed by atoms with Crippen molar-refractivity contribution in [1.29, 1.82) is 0 Å². The number of nitrogens with zero attached hydrogens (tertiary/aromatic N) is 2. The van der Waals surface area contributed by atoms with Gasteiger partial charge in [0.2, 0.25) is 0 Å². The van der Waals surface area contributed by atoms with E-state index in [-0.39, 0.29) is 17.6 Å². The lowest BCUT2D eigenvalue weighted by Gasteiger charge is -2.27. The number of amides is 3. The average Bonchev–Trinajstić information content (AvgIpc) is 2.54. The fourth-order valence-corrected chi connectivity index (χ4v) is 2.23. The number of pyridine rings is 1. The van der Waals surface area contributed by atoms with Crippen LogP contribution in [0.25, 0.3) is 0 Å². The molecule has 1 aromatic heterocycles. The molecule has 0 fully saturated rings. The van der Waals surface area contributed by atoms with Crippen molar-refractivity contribution in [3.63, 3.8) is 0 Å². The number of aromatic nitrogens is 1. The Kier molecular flexibility index (Phi) is 5.18. The lowest BCUT2D eigenvalue weighted by molar-refractivity contribution is 0.0822. The van der Waals surface area contributed by atoms with E-state index in [0.29, 0.717) is 5.69 Å². The predicted octanol–water partition coefficient (Wildman–Crippen LogP) is 2.84. The Labute approximate surface area is 141 Å². The van der Waals surface area contributed by atoms with Gasteiger partial charge in [-0.25, -0.2) is 4.79 Å². The van der Waals surface area contributed by atoms with E-state index < -0.39 is 5.54 Å². The minimum Gasteiger partial charge on any atom is -0.343 e. The summed E-state index contributed by atoms with van der Waals surface area (Å²) in [7, 11) is 3.30. The largest absolute Gasteiger partial charge is 0.343 e. The second kappa shape index (κ2) is 7.12. The molecule has 0 bridgehead atoms. The topological polar surface area (TPSA) is 74.3 Å². The van der Waals surface area contributed by atoms with Crippen molar-refractivity contribution >= 4 is 17.6 Å². The molecule has 0 spiro atoms. The molecule has 6 nitrogen and oxygen atoms in total. The van der Waals surface area contributed by atoms with Crippen LogP contribution >= 0.6 is 0 Å². The molecule has 126 valence electrons. The molecule has 0 aliphatic carbocycles. The molecule has 0 radical (unpaired) electrons. The number of nitrogens with one attached hydrogen (secondary N) is 2. The summed E-state index contributed by atoms with van der Waals surface area (Å²) in [6.07, 6.45) is 1.49. The first-order valence-electron chi connectivity index (χ1n) is 7.62. The zero-order chi connectivity index (χ0) is 17.7. The van der Waals surface area contributed by atoms with Gasteiger partial charge in [-0.3, -0.25) is 9.78 Å². The number of hydrogen-bond donors (Lipinski definition) is 2. The van der Waals surface area contributed by atoms with E-state index in [9.17, 15) is 9.59 Å². The van der Waals surface area contributed by atoms with Gasteiger partial charge in [0.25, 0.3) is 5.91 Å². The monoisotopic (exact) mass is 326 g/mol. The standard InChI is InChI=1S/C18H22N4O2/c1-18(2,13-8-6-5-7-9-13)21-17(24)20-14-10-11-19-15(12-14)16(23)22(3)4/h5-12H,1-4H3,(H2,19,20,21,24). The number of hydrogen-bond acceptors (Lipinski definition) is 3. The Hall–Kier alpha value is -2.89. The van der Waals surface area contributed by atoms with Crippen molar-refractivity contribution in [2.75, 3.05) is 19.4 Å². The summed E-state index contributed by atoms with van der Waals surface area (Å²) in [5.74, 6) is -0.219. The van der Waals surface area contributed by atoms with Gasteiger partial charge in [0.15, 0.2) is 0 Å². The van der Waals surface area contributed by atoms with Gasteiger partial charge >= 0.3 is 6.03 Å². The van der Waals surface area contributed by atoms with Crippen molar-refractivity contribution in [3.8, 4) is 0 Å². The number of benzene rings is 1. The van der Waals surface area contributed by atoms with Gasteiger partial charge in [-0.05, 0) is 31.5 Å². The maximum atomic E-state index is 12.3. The van der Waals surface area contributed by atoms with Crippen LogP contribution in [-0.2, 0) is 5.54 Å². The summed E-state index contributed by atoms with van der Waals surface area (Å²) >= 11 is 0. The Morgan fingerprint density at radius 1 is 1.08 bits per heavy atom. The average molecular weight is 326 g/mol. The van der Waals surface area contributed by atoms with Crippen LogP contribution in [0.2, 0.25) is 0 Å². The van der Waals surface area contributed by atoms with Gasteiger partial charge in [-0.15, -0.1) is 0 Å². The van der Waals surface area contributed by atoms with Crippen molar-refractivity contribution in [3.05, 3.63) is 59.9 Å². The fraction of sp³-hybridized carbons (Fsp3) is 0.278. The lowest BCUT2D eigenvalue weighted by atomic mass is 9.95. The van der Waals surface area contributed by atoms with Gasteiger partial charge < -0.3 is 15.5 Å². The number of urea groups is 1. The van der Waals surface area contributed by atoms with Crippen LogP contribution in [0.1, 0.15) is 29.9 Å². The Morgan fingerprint density at radius 3 is 2.38 bits per heavy atom.